The Balaban J connectivity index is 1.23. The fourth-order valence-electron chi connectivity index (χ4n) is 4.74. The van der Waals surface area contributed by atoms with E-state index in [0.29, 0.717) is 23.9 Å². The zero-order valence-electron chi connectivity index (χ0n) is 23.9. The largest absolute Gasteiger partial charge is 0.493 e. The van der Waals surface area contributed by atoms with Crippen molar-refractivity contribution in [2.24, 2.45) is 0 Å². The summed E-state index contributed by atoms with van der Waals surface area (Å²) in [6, 6.07) is 22.2. The number of nitrogens with zero attached hydrogens (tertiary/aromatic N) is 2. The van der Waals surface area contributed by atoms with Crippen LogP contribution in [0.2, 0.25) is 0 Å². The van der Waals surface area contributed by atoms with Gasteiger partial charge in [0.05, 0.1) is 32.4 Å². The van der Waals surface area contributed by atoms with E-state index in [1.807, 2.05) is 42.5 Å². The van der Waals surface area contributed by atoms with Crippen molar-refractivity contribution >= 4 is 22.3 Å². The molecule has 1 saturated heterocycles. The number of ether oxygens (including phenoxy) is 4. The van der Waals surface area contributed by atoms with Gasteiger partial charge in [-0.15, -0.1) is 0 Å². The Morgan fingerprint density at radius 3 is 2.25 bits per heavy atom. The molecule has 0 unspecified atom stereocenters. The highest BCUT2D eigenvalue weighted by atomic mass is 16.5. The van der Waals surface area contributed by atoms with E-state index in [1.54, 1.807) is 13.3 Å². The molecule has 0 amide bonds. The highest BCUT2D eigenvalue weighted by molar-refractivity contribution is 5.88. The summed E-state index contributed by atoms with van der Waals surface area (Å²) in [6.45, 7) is 11.8. The monoisotopic (exact) mass is 541 g/mol. The maximum Gasteiger partial charge on any atom is 0.163 e. The molecule has 7 heteroatoms. The first-order valence-corrected chi connectivity index (χ1v) is 13.9. The van der Waals surface area contributed by atoms with Crippen LogP contribution in [0.4, 0.5) is 11.4 Å². The molecule has 4 aromatic rings. The lowest BCUT2D eigenvalue weighted by Crippen LogP contribution is -2.37. The number of hydrogen-bond acceptors (Lipinski definition) is 7. The number of methoxy groups -OCH3 is 1. The third kappa shape index (κ3) is 7.03. The molecule has 0 radical (unpaired) electrons. The van der Waals surface area contributed by atoms with E-state index >= 15 is 0 Å². The van der Waals surface area contributed by atoms with Crippen LogP contribution in [-0.4, -0.2) is 56.4 Å². The average Bonchev–Trinajstić information content (AvgIpc) is 2.96. The summed E-state index contributed by atoms with van der Waals surface area (Å²) in [6.07, 6.45) is 2.69. The van der Waals surface area contributed by atoms with Gasteiger partial charge in [-0.05, 0) is 65.9 Å². The van der Waals surface area contributed by atoms with Crippen LogP contribution >= 0.6 is 0 Å². The first kappa shape index (κ1) is 27.7. The van der Waals surface area contributed by atoms with Gasteiger partial charge in [0, 0.05) is 48.7 Å². The highest BCUT2D eigenvalue weighted by Crippen LogP contribution is 2.37. The number of hydrogen-bond donors (Lipinski definition) is 1. The zero-order valence-corrected chi connectivity index (χ0v) is 23.9. The lowest BCUT2D eigenvalue weighted by Gasteiger charge is -2.26. The Bertz CT molecular complexity index is 1390. The molecule has 2 heterocycles. The van der Waals surface area contributed by atoms with E-state index < -0.39 is 0 Å². The number of rotatable bonds is 10. The number of benzene rings is 3. The van der Waals surface area contributed by atoms with Crippen LogP contribution < -0.4 is 19.5 Å². The second-order valence-electron chi connectivity index (χ2n) is 11.1. The van der Waals surface area contributed by atoms with Crippen LogP contribution in [0.15, 0.2) is 72.9 Å². The molecule has 0 aliphatic carbocycles. The number of nitrogens with one attached hydrogen (secondary N) is 1. The minimum Gasteiger partial charge on any atom is -0.493 e. The van der Waals surface area contributed by atoms with E-state index in [9.17, 15) is 0 Å². The maximum atomic E-state index is 6.28. The zero-order chi connectivity index (χ0) is 28.0. The predicted molar refractivity (Wildman–Crippen MR) is 161 cm³/mol. The first-order valence-electron chi connectivity index (χ1n) is 13.9. The number of aromatic nitrogens is 1. The van der Waals surface area contributed by atoms with Gasteiger partial charge in [-0.2, -0.15) is 0 Å². The fourth-order valence-corrected chi connectivity index (χ4v) is 4.74. The van der Waals surface area contributed by atoms with Gasteiger partial charge in [0.25, 0.3) is 0 Å². The van der Waals surface area contributed by atoms with Gasteiger partial charge in [-0.25, -0.2) is 0 Å². The summed E-state index contributed by atoms with van der Waals surface area (Å²) in [5.41, 5.74) is 4.28. The van der Waals surface area contributed by atoms with Crippen molar-refractivity contribution in [3.63, 3.8) is 0 Å². The molecule has 1 aliphatic rings. The molecule has 0 saturated carbocycles. The van der Waals surface area contributed by atoms with Crippen molar-refractivity contribution in [3.05, 3.63) is 78.5 Å². The SMILES string of the molecule is COc1cc2c(Oc3ccc(Nc4ccc(C(C)(C)C)cc4)cc3)ccnc2cc1OCCCN1CCOCC1. The van der Waals surface area contributed by atoms with Gasteiger partial charge in [-0.1, -0.05) is 32.9 Å². The van der Waals surface area contributed by atoms with Crippen LogP contribution in [0.25, 0.3) is 10.9 Å². The second kappa shape index (κ2) is 12.6. The molecule has 7 nitrogen and oxygen atoms in total. The Morgan fingerprint density at radius 1 is 0.875 bits per heavy atom. The fraction of sp³-hybridized carbons (Fsp3) is 0.364. The van der Waals surface area contributed by atoms with Crippen LogP contribution in [0.5, 0.6) is 23.0 Å². The molecule has 1 N–H and O–H groups in total. The molecule has 1 aliphatic heterocycles. The lowest BCUT2D eigenvalue weighted by atomic mass is 9.87. The van der Waals surface area contributed by atoms with Gasteiger partial charge >= 0.3 is 0 Å². The van der Waals surface area contributed by atoms with Crippen molar-refractivity contribution in [2.75, 3.05) is 51.9 Å². The quantitative estimate of drug-likeness (QED) is 0.213. The summed E-state index contributed by atoms with van der Waals surface area (Å²) in [7, 11) is 1.65. The molecule has 40 heavy (non-hydrogen) atoms. The van der Waals surface area contributed by atoms with Crippen molar-refractivity contribution in [2.45, 2.75) is 32.6 Å². The Hall–Kier alpha value is -3.81. The van der Waals surface area contributed by atoms with Crippen LogP contribution in [-0.2, 0) is 10.2 Å². The van der Waals surface area contributed by atoms with Crippen LogP contribution in [0.1, 0.15) is 32.8 Å². The summed E-state index contributed by atoms with van der Waals surface area (Å²) in [5, 5.41) is 4.32. The highest BCUT2D eigenvalue weighted by Gasteiger charge is 2.15. The topological polar surface area (TPSA) is 65.1 Å². The molecule has 0 atom stereocenters. The minimum atomic E-state index is 0.135. The summed E-state index contributed by atoms with van der Waals surface area (Å²) in [5.74, 6) is 2.80. The van der Waals surface area contributed by atoms with E-state index in [4.69, 9.17) is 18.9 Å². The van der Waals surface area contributed by atoms with Gasteiger partial charge in [0.15, 0.2) is 11.5 Å². The summed E-state index contributed by atoms with van der Waals surface area (Å²) >= 11 is 0. The maximum absolute atomic E-state index is 6.28. The van der Waals surface area contributed by atoms with E-state index in [2.05, 4.69) is 60.2 Å². The molecule has 0 bridgehead atoms. The predicted octanol–water partition coefficient (Wildman–Crippen LogP) is 7.18. The number of fused-ring (bicyclic) bond motifs is 1. The molecular weight excluding hydrogens is 502 g/mol. The summed E-state index contributed by atoms with van der Waals surface area (Å²) < 4.78 is 23.5. The third-order valence-electron chi connectivity index (χ3n) is 7.09. The van der Waals surface area contributed by atoms with Crippen molar-refractivity contribution < 1.29 is 18.9 Å². The van der Waals surface area contributed by atoms with Crippen molar-refractivity contribution in [1.82, 2.24) is 9.88 Å². The molecule has 3 aromatic carbocycles. The molecule has 1 fully saturated rings. The number of anilines is 2. The van der Waals surface area contributed by atoms with Gasteiger partial charge in [-0.3, -0.25) is 9.88 Å². The Kier molecular flexibility index (Phi) is 8.72. The minimum absolute atomic E-state index is 0.135. The normalized spacial score (nSPS) is 14.2. The number of pyridine rings is 1. The average molecular weight is 542 g/mol. The smallest absolute Gasteiger partial charge is 0.163 e. The molecule has 210 valence electrons. The second-order valence-corrected chi connectivity index (χ2v) is 11.1. The van der Waals surface area contributed by atoms with E-state index in [0.717, 1.165) is 67.3 Å². The third-order valence-corrected chi connectivity index (χ3v) is 7.09. The Labute approximate surface area is 237 Å². The molecule has 1 aromatic heterocycles. The molecule has 0 spiro atoms. The van der Waals surface area contributed by atoms with Gasteiger partial charge in [0.1, 0.15) is 11.5 Å². The molecule has 5 rings (SSSR count). The van der Waals surface area contributed by atoms with Crippen molar-refractivity contribution in [3.8, 4) is 23.0 Å². The van der Waals surface area contributed by atoms with Crippen LogP contribution in [0, 0.1) is 0 Å². The van der Waals surface area contributed by atoms with E-state index in [-0.39, 0.29) is 5.41 Å². The summed E-state index contributed by atoms with van der Waals surface area (Å²) in [4.78, 5) is 6.96. The van der Waals surface area contributed by atoms with Crippen molar-refractivity contribution in [1.29, 1.82) is 0 Å². The number of morpholine rings is 1. The Morgan fingerprint density at radius 2 is 1.57 bits per heavy atom. The van der Waals surface area contributed by atoms with Gasteiger partial charge in [0.2, 0.25) is 0 Å². The first-order chi connectivity index (χ1) is 19.4. The van der Waals surface area contributed by atoms with E-state index in [1.165, 1.54) is 5.56 Å². The lowest BCUT2D eigenvalue weighted by molar-refractivity contribution is 0.0357. The standard InChI is InChI=1S/C33H39N3O4/c1-33(2,3)24-6-8-25(9-7-24)35-26-10-12-27(13-11-26)40-30-14-15-34-29-23-32(31(37-4)22-28(29)30)39-19-5-16-36-17-20-38-21-18-36/h6-15,22-23,35H,5,16-21H2,1-4H3. The van der Waals surface area contributed by atoms with Gasteiger partial charge < -0.3 is 24.3 Å². The van der Waals surface area contributed by atoms with Crippen LogP contribution in [0.3, 0.4) is 0 Å². The molecular formula is C33H39N3O4.